The van der Waals surface area contributed by atoms with Gasteiger partial charge in [-0.1, -0.05) is 59.8 Å². The van der Waals surface area contributed by atoms with Crippen LogP contribution >= 0.6 is 0 Å². The number of carbonyl (C=O) groups is 1. The number of rotatable bonds is 6. The van der Waals surface area contributed by atoms with E-state index in [0.29, 0.717) is 24.2 Å². The standard InChI is InChI=1S/C27H33N5O2/c1-21-8-5-6-12-24(21)26-28-25(34-29-26)20-31-13-7-11-23(19-31)27(33)32-16-14-30(15-17-32)18-22-9-3-2-4-10-22/h2-6,8-10,12,23H,7,11,13-20H2,1H3. The van der Waals surface area contributed by atoms with Gasteiger partial charge in [-0.15, -0.1) is 0 Å². The lowest BCUT2D eigenvalue weighted by Crippen LogP contribution is -2.52. The topological polar surface area (TPSA) is 65.7 Å². The summed E-state index contributed by atoms with van der Waals surface area (Å²) in [5, 5.41) is 4.18. The summed E-state index contributed by atoms with van der Waals surface area (Å²) in [7, 11) is 0. The highest BCUT2D eigenvalue weighted by Gasteiger charge is 2.31. The van der Waals surface area contributed by atoms with Gasteiger partial charge < -0.3 is 9.42 Å². The third-order valence-electron chi connectivity index (χ3n) is 7.00. The third-order valence-corrected chi connectivity index (χ3v) is 7.00. The number of aryl methyl sites for hydroxylation is 1. The molecule has 1 aromatic heterocycles. The molecule has 0 bridgehead atoms. The number of likely N-dealkylation sites (tertiary alicyclic amines) is 1. The summed E-state index contributed by atoms with van der Waals surface area (Å²) in [4.78, 5) is 24.7. The van der Waals surface area contributed by atoms with Crippen LogP contribution in [-0.2, 0) is 17.9 Å². The zero-order valence-electron chi connectivity index (χ0n) is 19.9. The van der Waals surface area contributed by atoms with Gasteiger partial charge in [0.2, 0.25) is 17.6 Å². The van der Waals surface area contributed by atoms with Crippen LogP contribution in [0.4, 0.5) is 0 Å². The highest BCUT2D eigenvalue weighted by Crippen LogP contribution is 2.23. The van der Waals surface area contributed by atoms with Gasteiger partial charge >= 0.3 is 0 Å². The summed E-state index contributed by atoms with van der Waals surface area (Å²) in [6.45, 7) is 8.79. The third kappa shape index (κ3) is 5.37. The monoisotopic (exact) mass is 459 g/mol. The van der Waals surface area contributed by atoms with Crippen LogP contribution in [0.1, 0.15) is 29.9 Å². The first-order chi connectivity index (χ1) is 16.7. The number of carbonyl (C=O) groups excluding carboxylic acids is 1. The zero-order valence-corrected chi connectivity index (χ0v) is 19.9. The summed E-state index contributed by atoms with van der Waals surface area (Å²) >= 11 is 0. The molecule has 0 aliphatic carbocycles. The van der Waals surface area contributed by atoms with Gasteiger partial charge in [-0.25, -0.2) is 0 Å². The van der Waals surface area contributed by atoms with Gasteiger partial charge in [-0.2, -0.15) is 4.98 Å². The fraction of sp³-hybridized carbons (Fsp3) is 0.444. The highest BCUT2D eigenvalue weighted by molar-refractivity contribution is 5.79. The maximum absolute atomic E-state index is 13.3. The van der Waals surface area contributed by atoms with Crippen LogP contribution in [0.15, 0.2) is 59.1 Å². The molecular formula is C27H33N5O2. The number of aromatic nitrogens is 2. The average molecular weight is 460 g/mol. The quantitative estimate of drug-likeness (QED) is 0.561. The molecule has 0 N–H and O–H groups in total. The van der Waals surface area contributed by atoms with Crippen molar-refractivity contribution in [1.82, 2.24) is 24.8 Å². The number of amides is 1. The van der Waals surface area contributed by atoms with Crippen molar-refractivity contribution in [3.63, 3.8) is 0 Å². The predicted octanol–water partition coefficient (Wildman–Crippen LogP) is 3.60. The molecule has 178 valence electrons. The van der Waals surface area contributed by atoms with Gasteiger partial charge in [-0.3, -0.25) is 14.6 Å². The average Bonchev–Trinajstić information content (AvgIpc) is 3.33. The van der Waals surface area contributed by atoms with Crippen LogP contribution in [0, 0.1) is 12.8 Å². The summed E-state index contributed by atoms with van der Waals surface area (Å²) < 4.78 is 5.55. The molecule has 5 rings (SSSR count). The van der Waals surface area contributed by atoms with Crippen LogP contribution in [-0.4, -0.2) is 70.0 Å². The fourth-order valence-corrected chi connectivity index (χ4v) is 5.07. The first-order valence-corrected chi connectivity index (χ1v) is 12.3. The second-order valence-corrected chi connectivity index (χ2v) is 9.49. The fourth-order valence-electron chi connectivity index (χ4n) is 5.07. The Kier molecular flexibility index (Phi) is 7.02. The molecule has 3 aromatic rings. The van der Waals surface area contributed by atoms with E-state index in [1.54, 1.807) is 0 Å². The molecule has 0 saturated carbocycles. The maximum Gasteiger partial charge on any atom is 0.241 e. The van der Waals surface area contributed by atoms with E-state index in [2.05, 4.69) is 55.2 Å². The van der Waals surface area contributed by atoms with Crippen LogP contribution in [0.25, 0.3) is 11.4 Å². The lowest BCUT2D eigenvalue weighted by Gasteiger charge is -2.38. The molecule has 2 saturated heterocycles. The molecule has 1 atom stereocenters. The Hall–Kier alpha value is -3.03. The van der Waals surface area contributed by atoms with Crippen LogP contribution in [0.5, 0.6) is 0 Å². The van der Waals surface area contributed by atoms with Crippen LogP contribution in [0.3, 0.4) is 0 Å². The lowest BCUT2D eigenvalue weighted by atomic mass is 9.96. The van der Waals surface area contributed by atoms with Crippen molar-refractivity contribution < 1.29 is 9.32 Å². The van der Waals surface area contributed by atoms with E-state index in [4.69, 9.17) is 4.52 Å². The van der Waals surface area contributed by atoms with Crippen molar-refractivity contribution in [2.24, 2.45) is 5.92 Å². The minimum Gasteiger partial charge on any atom is -0.340 e. The summed E-state index contributed by atoms with van der Waals surface area (Å²) in [6, 6.07) is 18.6. The first-order valence-electron chi connectivity index (χ1n) is 12.3. The Morgan fingerprint density at radius 1 is 0.941 bits per heavy atom. The molecule has 2 aliphatic rings. The minimum atomic E-state index is 0.0492. The number of hydrogen-bond acceptors (Lipinski definition) is 6. The van der Waals surface area contributed by atoms with E-state index < -0.39 is 0 Å². The second-order valence-electron chi connectivity index (χ2n) is 9.49. The van der Waals surface area contributed by atoms with Crippen molar-refractivity contribution in [2.45, 2.75) is 32.9 Å². The van der Waals surface area contributed by atoms with Gasteiger partial charge in [0, 0.05) is 44.8 Å². The van der Waals surface area contributed by atoms with Gasteiger partial charge in [0.15, 0.2) is 0 Å². The second kappa shape index (κ2) is 10.5. The summed E-state index contributed by atoms with van der Waals surface area (Å²) in [6.07, 6.45) is 1.97. The largest absolute Gasteiger partial charge is 0.340 e. The van der Waals surface area contributed by atoms with E-state index >= 15 is 0 Å². The molecule has 2 aromatic carbocycles. The maximum atomic E-state index is 13.3. The van der Waals surface area contributed by atoms with E-state index in [9.17, 15) is 4.79 Å². The first kappa shape index (κ1) is 22.7. The van der Waals surface area contributed by atoms with Crippen molar-refractivity contribution in [3.8, 4) is 11.4 Å². The molecule has 7 heteroatoms. The van der Waals surface area contributed by atoms with Gasteiger partial charge in [0.1, 0.15) is 0 Å². The van der Waals surface area contributed by atoms with E-state index in [0.717, 1.165) is 69.8 Å². The molecule has 2 fully saturated rings. The molecule has 3 heterocycles. The Bertz CT molecular complexity index is 1090. The highest BCUT2D eigenvalue weighted by atomic mass is 16.5. The number of hydrogen-bond donors (Lipinski definition) is 0. The number of piperidine rings is 1. The number of nitrogens with zero attached hydrogens (tertiary/aromatic N) is 5. The molecule has 0 spiro atoms. The van der Waals surface area contributed by atoms with Crippen molar-refractivity contribution in [1.29, 1.82) is 0 Å². The van der Waals surface area contributed by atoms with Gasteiger partial charge in [-0.05, 0) is 37.4 Å². The van der Waals surface area contributed by atoms with Crippen LogP contribution < -0.4 is 0 Å². The Balaban J connectivity index is 1.13. The minimum absolute atomic E-state index is 0.0492. The number of benzene rings is 2. The normalized spacial score (nSPS) is 19.9. The lowest BCUT2D eigenvalue weighted by molar-refractivity contribution is -0.139. The molecule has 2 aliphatic heterocycles. The van der Waals surface area contributed by atoms with E-state index in [1.165, 1.54) is 5.56 Å². The van der Waals surface area contributed by atoms with Gasteiger partial charge in [0.05, 0.1) is 12.5 Å². The molecule has 7 nitrogen and oxygen atoms in total. The summed E-state index contributed by atoms with van der Waals surface area (Å²) in [5.41, 5.74) is 3.45. The molecule has 1 unspecified atom stereocenters. The Labute approximate surface area is 201 Å². The summed E-state index contributed by atoms with van der Waals surface area (Å²) in [5.74, 6) is 1.59. The van der Waals surface area contributed by atoms with Crippen molar-refractivity contribution in [3.05, 3.63) is 71.6 Å². The van der Waals surface area contributed by atoms with Crippen molar-refractivity contribution >= 4 is 5.91 Å². The molecule has 0 radical (unpaired) electrons. The predicted molar refractivity (Wildman–Crippen MR) is 131 cm³/mol. The number of piperazine rings is 1. The smallest absolute Gasteiger partial charge is 0.241 e. The Morgan fingerprint density at radius 2 is 1.71 bits per heavy atom. The molecule has 34 heavy (non-hydrogen) atoms. The van der Waals surface area contributed by atoms with E-state index in [1.807, 2.05) is 31.2 Å². The Morgan fingerprint density at radius 3 is 2.50 bits per heavy atom. The van der Waals surface area contributed by atoms with Crippen molar-refractivity contribution in [2.75, 3.05) is 39.3 Å². The van der Waals surface area contributed by atoms with Gasteiger partial charge in [0.25, 0.3) is 0 Å². The molecular weight excluding hydrogens is 426 g/mol. The van der Waals surface area contributed by atoms with E-state index in [-0.39, 0.29) is 5.92 Å². The zero-order chi connectivity index (χ0) is 23.3. The van der Waals surface area contributed by atoms with Crippen LogP contribution in [0.2, 0.25) is 0 Å². The molecule has 1 amide bonds. The SMILES string of the molecule is Cc1ccccc1-c1noc(CN2CCCC(C(=O)N3CCN(Cc4ccccc4)CC3)C2)n1.